The van der Waals surface area contributed by atoms with Crippen molar-refractivity contribution in [2.24, 2.45) is 0 Å². The molecule has 0 aliphatic rings. The monoisotopic (exact) mass is 370 g/mol. The van der Waals surface area contributed by atoms with Crippen molar-refractivity contribution in [3.8, 4) is 23.0 Å². The van der Waals surface area contributed by atoms with Gasteiger partial charge in [-0.05, 0) is 36.4 Å². The summed E-state index contributed by atoms with van der Waals surface area (Å²) in [5, 5.41) is 0. The minimum Gasteiger partial charge on any atom is -0.457 e. The smallest absolute Gasteiger partial charge is 0.132 e. The van der Waals surface area contributed by atoms with Crippen molar-refractivity contribution < 1.29 is 9.47 Å². The predicted molar refractivity (Wildman–Crippen MR) is 96.0 cm³/mol. The van der Waals surface area contributed by atoms with Crippen molar-refractivity contribution in [1.29, 1.82) is 0 Å². The molecule has 5 heteroatoms. The first-order valence-corrected chi connectivity index (χ1v) is 7.75. The number of nitrogens with two attached hydrogens (primary N) is 2. The predicted octanol–water partition coefficient (Wildman–Crippen LogP) is 5.20. The van der Waals surface area contributed by atoms with Gasteiger partial charge in [0.25, 0.3) is 0 Å². The molecule has 3 aromatic rings. The molecule has 0 amide bonds. The second-order valence-electron chi connectivity index (χ2n) is 4.97. The molecule has 0 saturated heterocycles. The van der Waals surface area contributed by atoms with E-state index in [2.05, 4.69) is 15.9 Å². The first kappa shape index (κ1) is 15.2. The van der Waals surface area contributed by atoms with Crippen LogP contribution in [-0.4, -0.2) is 0 Å². The number of anilines is 2. The lowest BCUT2D eigenvalue weighted by molar-refractivity contribution is 0.460. The van der Waals surface area contributed by atoms with Crippen LogP contribution in [0.25, 0.3) is 0 Å². The summed E-state index contributed by atoms with van der Waals surface area (Å²) in [6.07, 6.45) is 0. The van der Waals surface area contributed by atoms with Gasteiger partial charge in [0.05, 0.1) is 0 Å². The molecule has 4 N–H and O–H groups in total. The molecule has 0 heterocycles. The van der Waals surface area contributed by atoms with Crippen molar-refractivity contribution in [2.45, 2.75) is 0 Å². The van der Waals surface area contributed by atoms with Crippen molar-refractivity contribution in [3.63, 3.8) is 0 Å². The lowest BCUT2D eigenvalue weighted by atomic mass is 10.3. The maximum atomic E-state index is 5.83. The van der Waals surface area contributed by atoms with Crippen molar-refractivity contribution in [2.75, 3.05) is 11.5 Å². The topological polar surface area (TPSA) is 70.5 Å². The highest BCUT2D eigenvalue weighted by molar-refractivity contribution is 9.10. The third-order valence-electron chi connectivity index (χ3n) is 3.03. The highest BCUT2D eigenvalue weighted by atomic mass is 79.9. The molecular formula is C18H15BrN2O2. The Kier molecular flexibility index (Phi) is 4.39. The van der Waals surface area contributed by atoms with Crippen LogP contribution in [0.1, 0.15) is 0 Å². The third kappa shape index (κ3) is 4.17. The summed E-state index contributed by atoms with van der Waals surface area (Å²) < 4.78 is 12.5. The Morgan fingerprint density at radius 1 is 0.609 bits per heavy atom. The zero-order valence-electron chi connectivity index (χ0n) is 12.2. The summed E-state index contributed by atoms with van der Waals surface area (Å²) in [5.74, 6) is 2.61. The van der Waals surface area contributed by atoms with Gasteiger partial charge in [-0.1, -0.05) is 28.1 Å². The van der Waals surface area contributed by atoms with E-state index in [-0.39, 0.29) is 0 Å². The van der Waals surface area contributed by atoms with Gasteiger partial charge in [0.1, 0.15) is 23.0 Å². The summed E-state index contributed by atoms with van der Waals surface area (Å²) in [5.41, 5.74) is 12.8. The van der Waals surface area contributed by atoms with Crippen LogP contribution >= 0.6 is 15.9 Å². The van der Waals surface area contributed by atoms with Gasteiger partial charge >= 0.3 is 0 Å². The van der Waals surface area contributed by atoms with E-state index in [4.69, 9.17) is 20.9 Å². The minimum absolute atomic E-state index is 0.642. The van der Waals surface area contributed by atoms with Gasteiger partial charge in [-0.25, -0.2) is 0 Å². The van der Waals surface area contributed by atoms with E-state index in [0.717, 1.165) is 4.47 Å². The molecule has 0 aliphatic heterocycles. The second kappa shape index (κ2) is 6.62. The lowest BCUT2D eigenvalue weighted by Gasteiger charge is -2.11. The van der Waals surface area contributed by atoms with Crippen molar-refractivity contribution >= 4 is 27.3 Å². The van der Waals surface area contributed by atoms with Crippen LogP contribution in [0.5, 0.6) is 23.0 Å². The first-order chi connectivity index (χ1) is 11.1. The zero-order valence-corrected chi connectivity index (χ0v) is 13.8. The van der Waals surface area contributed by atoms with Crippen LogP contribution in [0.15, 0.2) is 71.2 Å². The lowest BCUT2D eigenvalue weighted by Crippen LogP contribution is -1.90. The molecule has 0 atom stereocenters. The second-order valence-corrected chi connectivity index (χ2v) is 5.89. The summed E-state index contributed by atoms with van der Waals surface area (Å²) in [7, 11) is 0. The highest BCUT2D eigenvalue weighted by Gasteiger charge is 2.05. The Morgan fingerprint density at radius 2 is 1.09 bits per heavy atom. The molecular weight excluding hydrogens is 356 g/mol. The molecule has 116 valence electrons. The van der Waals surface area contributed by atoms with E-state index in [9.17, 15) is 0 Å². The molecule has 0 spiro atoms. The van der Waals surface area contributed by atoms with Gasteiger partial charge in [0.15, 0.2) is 0 Å². The van der Waals surface area contributed by atoms with E-state index in [1.807, 2.05) is 48.5 Å². The molecule has 3 aromatic carbocycles. The average molecular weight is 371 g/mol. The van der Waals surface area contributed by atoms with Crippen LogP contribution in [0, 0.1) is 0 Å². The number of benzene rings is 3. The molecule has 0 aliphatic carbocycles. The van der Waals surface area contributed by atoms with Gasteiger partial charge in [0, 0.05) is 34.0 Å². The molecule has 0 aromatic heterocycles. The summed E-state index contributed by atoms with van der Waals surface area (Å²) in [6, 6.07) is 20.0. The fourth-order valence-corrected chi connectivity index (χ4v) is 2.53. The van der Waals surface area contributed by atoms with Gasteiger partial charge in [0.2, 0.25) is 0 Å². The first-order valence-electron chi connectivity index (χ1n) is 6.96. The Labute approximate surface area is 142 Å². The standard InChI is InChI=1S/C18H15BrN2O2/c19-12-7-17(22-15-5-1-3-13(20)9-15)11-18(8-12)23-16-6-2-4-14(21)10-16/h1-11H,20-21H2. The Morgan fingerprint density at radius 3 is 1.52 bits per heavy atom. The van der Waals surface area contributed by atoms with Crippen molar-refractivity contribution in [1.82, 2.24) is 0 Å². The van der Waals surface area contributed by atoms with Crippen molar-refractivity contribution in [3.05, 3.63) is 71.2 Å². The van der Waals surface area contributed by atoms with Crippen LogP contribution in [0.2, 0.25) is 0 Å². The van der Waals surface area contributed by atoms with Crippen LogP contribution < -0.4 is 20.9 Å². The fraction of sp³-hybridized carbons (Fsp3) is 0. The van der Waals surface area contributed by atoms with Gasteiger partial charge in [-0.3, -0.25) is 0 Å². The summed E-state index contributed by atoms with van der Waals surface area (Å²) in [6.45, 7) is 0. The molecule has 23 heavy (non-hydrogen) atoms. The van der Waals surface area contributed by atoms with Crippen LogP contribution in [0.3, 0.4) is 0 Å². The number of hydrogen-bond donors (Lipinski definition) is 2. The third-order valence-corrected chi connectivity index (χ3v) is 3.49. The highest BCUT2D eigenvalue weighted by Crippen LogP contribution is 2.33. The van der Waals surface area contributed by atoms with Crippen LogP contribution in [0.4, 0.5) is 11.4 Å². The molecule has 4 nitrogen and oxygen atoms in total. The maximum Gasteiger partial charge on any atom is 0.132 e. The van der Waals surface area contributed by atoms with E-state index in [1.54, 1.807) is 18.2 Å². The normalized spacial score (nSPS) is 10.3. The summed E-state index contributed by atoms with van der Waals surface area (Å²) in [4.78, 5) is 0. The maximum absolute atomic E-state index is 5.83. The minimum atomic E-state index is 0.642. The van der Waals surface area contributed by atoms with E-state index >= 15 is 0 Å². The van der Waals surface area contributed by atoms with Gasteiger partial charge < -0.3 is 20.9 Å². The molecule has 0 fully saturated rings. The SMILES string of the molecule is Nc1cccc(Oc2cc(Br)cc(Oc3cccc(N)c3)c2)c1. The number of ether oxygens (including phenoxy) is 2. The van der Waals surface area contributed by atoms with E-state index < -0.39 is 0 Å². The van der Waals surface area contributed by atoms with Crippen LogP contribution in [-0.2, 0) is 0 Å². The molecule has 0 radical (unpaired) electrons. The Balaban J connectivity index is 1.84. The molecule has 3 rings (SSSR count). The largest absolute Gasteiger partial charge is 0.457 e. The van der Waals surface area contributed by atoms with Gasteiger partial charge in [-0.15, -0.1) is 0 Å². The quantitative estimate of drug-likeness (QED) is 0.619. The zero-order chi connectivity index (χ0) is 16.2. The van der Waals surface area contributed by atoms with E-state index in [1.165, 1.54) is 0 Å². The van der Waals surface area contributed by atoms with E-state index in [0.29, 0.717) is 34.4 Å². The Hall–Kier alpha value is -2.66. The number of hydrogen-bond acceptors (Lipinski definition) is 4. The summed E-state index contributed by atoms with van der Waals surface area (Å²) >= 11 is 3.46. The number of halogens is 1. The molecule has 0 saturated carbocycles. The number of rotatable bonds is 4. The average Bonchev–Trinajstić information content (AvgIpc) is 2.46. The Bertz CT molecular complexity index is 771. The molecule has 0 unspecified atom stereocenters. The number of nitrogen functional groups attached to an aromatic ring is 2. The van der Waals surface area contributed by atoms with Gasteiger partial charge in [-0.2, -0.15) is 0 Å². The fourth-order valence-electron chi connectivity index (χ4n) is 2.08. The molecule has 0 bridgehead atoms.